The van der Waals surface area contributed by atoms with Gasteiger partial charge in [0.2, 0.25) is 0 Å². The van der Waals surface area contributed by atoms with Gasteiger partial charge in [-0.15, -0.1) is 0 Å². The van der Waals surface area contributed by atoms with Crippen LogP contribution in [0.25, 0.3) is 0 Å². The number of hydrogen-bond donors (Lipinski definition) is 2. The Bertz CT molecular complexity index is 1330. The number of nitrogens with zero attached hydrogens (tertiary/aromatic N) is 3. The molecule has 3 heterocycles. The van der Waals surface area contributed by atoms with Crippen LogP contribution < -0.4 is 5.32 Å². The van der Waals surface area contributed by atoms with Gasteiger partial charge in [0.1, 0.15) is 6.79 Å². The summed E-state index contributed by atoms with van der Waals surface area (Å²) in [5, 5.41) is 12.0. The Balaban J connectivity index is 1.47. The van der Waals surface area contributed by atoms with Crippen molar-refractivity contribution in [3.05, 3.63) is 53.1 Å². The number of sulfone groups is 1. The first kappa shape index (κ1) is 32.3. The zero-order valence-corrected chi connectivity index (χ0v) is 24.9. The molecule has 4 rings (SSSR count). The minimum Gasteiger partial charge on any atom is -0.371 e. The topological polar surface area (TPSA) is 122 Å². The fourth-order valence-corrected chi connectivity index (χ4v) is 6.83. The van der Waals surface area contributed by atoms with E-state index in [-0.39, 0.29) is 48.0 Å². The third-order valence-corrected chi connectivity index (χ3v) is 10.0. The fraction of sp³-hybridized carbons (Fsp3) is 0.621. The maximum absolute atomic E-state index is 13.3. The van der Waals surface area contributed by atoms with Gasteiger partial charge in [-0.05, 0) is 61.3 Å². The van der Waals surface area contributed by atoms with Crippen molar-refractivity contribution in [3.8, 4) is 0 Å². The number of halogens is 3. The summed E-state index contributed by atoms with van der Waals surface area (Å²) in [4.78, 5) is 24.5. The van der Waals surface area contributed by atoms with Gasteiger partial charge in [-0.3, -0.25) is 19.7 Å². The largest absolute Gasteiger partial charge is 0.391 e. The Hall–Kier alpha value is -2.61. The van der Waals surface area contributed by atoms with Crippen LogP contribution in [0.2, 0.25) is 0 Å². The van der Waals surface area contributed by atoms with Crippen LogP contribution in [0, 0.1) is 17.8 Å². The molecule has 2 aromatic rings. The number of carbonyl (C=O) groups is 1. The van der Waals surface area contributed by atoms with E-state index in [1.54, 1.807) is 6.07 Å². The molecule has 2 aliphatic rings. The highest BCUT2D eigenvalue weighted by atomic mass is 32.2. The Morgan fingerprint density at radius 1 is 1.17 bits per heavy atom. The number of alkyl halides is 3. The second-order valence-corrected chi connectivity index (χ2v) is 13.8. The molecule has 0 aromatic carbocycles. The molecule has 1 aliphatic heterocycles. The summed E-state index contributed by atoms with van der Waals surface area (Å²) in [5.41, 5.74) is 2.47. The van der Waals surface area contributed by atoms with Gasteiger partial charge >= 0.3 is 6.18 Å². The van der Waals surface area contributed by atoms with Crippen molar-refractivity contribution in [1.29, 1.82) is 0 Å². The van der Waals surface area contributed by atoms with Crippen LogP contribution in [0.3, 0.4) is 0 Å². The maximum Gasteiger partial charge on any atom is 0.391 e. The fourth-order valence-electron chi connectivity index (χ4n) is 6.01. The van der Waals surface area contributed by atoms with E-state index in [2.05, 4.69) is 34.0 Å². The highest BCUT2D eigenvalue weighted by molar-refractivity contribution is 7.91. The molecule has 0 spiro atoms. The predicted octanol–water partition coefficient (Wildman–Crippen LogP) is 4.59. The molecule has 0 radical (unpaired) electrons. The molecule has 1 fully saturated rings. The average Bonchev–Trinajstić information content (AvgIpc) is 3.32. The smallest absolute Gasteiger partial charge is 0.371 e. The van der Waals surface area contributed by atoms with E-state index in [4.69, 9.17) is 9.84 Å². The van der Waals surface area contributed by atoms with E-state index in [1.807, 2.05) is 0 Å². The van der Waals surface area contributed by atoms with Crippen LogP contribution in [0.4, 0.5) is 13.2 Å². The van der Waals surface area contributed by atoms with Crippen LogP contribution in [0.1, 0.15) is 85.8 Å². The molecule has 42 heavy (non-hydrogen) atoms. The molecule has 1 saturated carbocycles. The van der Waals surface area contributed by atoms with Gasteiger partial charge < -0.3 is 15.2 Å². The number of aromatic nitrogens is 2. The van der Waals surface area contributed by atoms with Crippen molar-refractivity contribution in [2.45, 2.75) is 76.2 Å². The summed E-state index contributed by atoms with van der Waals surface area (Å²) in [6.45, 7) is 6.29. The molecule has 2 aromatic heterocycles. The zero-order chi connectivity index (χ0) is 30.7. The zero-order valence-electron chi connectivity index (χ0n) is 24.1. The number of nitrogens with one attached hydrogen (secondary N) is 1. The van der Waals surface area contributed by atoms with Gasteiger partial charge in [-0.2, -0.15) is 13.2 Å². The monoisotopic (exact) mass is 612 g/mol. The second-order valence-electron chi connectivity index (χ2n) is 11.5. The molecule has 2 N–H and O–H groups in total. The van der Waals surface area contributed by atoms with Crippen molar-refractivity contribution in [2.75, 3.05) is 25.7 Å². The molecule has 1 aliphatic carbocycles. The third-order valence-electron chi connectivity index (χ3n) is 8.28. The summed E-state index contributed by atoms with van der Waals surface area (Å²) in [7, 11) is -3.44. The molecule has 0 unspecified atom stereocenters. The molecule has 0 saturated heterocycles. The van der Waals surface area contributed by atoms with E-state index >= 15 is 0 Å². The molecular formula is C29H39F3N4O5S. The van der Waals surface area contributed by atoms with Gasteiger partial charge in [0.05, 0.1) is 52.2 Å². The molecule has 232 valence electrons. The molecule has 13 heteroatoms. The maximum atomic E-state index is 13.3. The SMILES string of the molecule is CCS(=O)(=O)c1ccc([C@H](COCO)NC(=O)c2cnc3c(c2)CN(C[C@H]2CC[C@H](C(F)(F)F)CC2)[C@H]3C(C)C)nc1. The van der Waals surface area contributed by atoms with Crippen LogP contribution in [0.15, 0.2) is 35.5 Å². The van der Waals surface area contributed by atoms with Gasteiger partial charge in [-0.25, -0.2) is 8.42 Å². The normalized spacial score (nSPS) is 22.2. The summed E-state index contributed by atoms with van der Waals surface area (Å²) in [6.07, 6.45) is 0.0251. The molecular weight excluding hydrogens is 573 g/mol. The number of aliphatic hydroxyl groups is 1. The minimum atomic E-state index is -4.13. The minimum absolute atomic E-state index is 0.00488. The average molecular weight is 613 g/mol. The van der Waals surface area contributed by atoms with Crippen LogP contribution in [-0.2, 0) is 21.1 Å². The Labute approximate surface area is 244 Å². The number of amides is 1. The van der Waals surface area contributed by atoms with Gasteiger partial charge in [0.15, 0.2) is 9.84 Å². The van der Waals surface area contributed by atoms with Crippen molar-refractivity contribution < 1.29 is 36.2 Å². The Morgan fingerprint density at radius 3 is 2.45 bits per heavy atom. The first-order chi connectivity index (χ1) is 19.8. The number of aliphatic hydroxyl groups excluding tert-OH is 1. The molecule has 2 atom stereocenters. The van der Waals surface area contributed by atoms with Crippen LogP contribution >= 0.6 is 0 Å². The number of pyridine rings is 2. The van der Waals surface area contributed by atoms with Crippen molar-refractivity contribution in [3.63, 3.8) is 0 Å². The first-order valence-electron chi connectivity index (χ1n) is 14.3. The summed E-state index contributed by atoms with van der Waals surface area (Å²) in [5.74, 6) is -1.32. The van der Waals surface area contributed by atoms with E-state index in [0.717, 1.165) is 11.3 Å². The lowest BCUT2D eigenvalue weighted by atomic mass is 9.81. The van der Waals surface area contributed by atoms with E-state index < -0.39 is 40.7 Å². The van der Waals surface area contributed by atoms with Crippen molar-refractivity contribution >= 4 is 15.7 Å². The van der Waals surface area contributed by atoms with E-state index in [9.17, 15) is 26.4 Å². The standard InChI is InChI=1S/C29H39F3N4O5S/c1-4-42(39,40)23-9-10-24(33-13-23)25(16-41-17-37)35-28(38)20-11-21-15-36(27(18(2)3)26(21)34-12-20)14-19-5-7-22(8-6-19)29(30,31)32/h9-13,18-19,22,25,27,37H,4-8,14-17H2,1-3H3,(H,35,38)/t19-,22-,25-,27-/m0/s1. The first-order valence-corrected chi connectivity index (χ1v) is 16.0. The number of rotatable bonds is 11. The lowest BCUT2D eigenvalue weighted by molar-refractivity contribution is -0.184. The van der Waals surface area contributed by atoms with Gasteiger partial charge in [-0.1, -0.05) is 20.8 Å². The number of hydrogen-bond acceptors (Lipinski definition) is 8. The van der Waals surface area contributed by atoms with Crippen LogP contribution in [0.5, 0.6) is 0 Å². The lowest BCUT2D eigenvalue weighted by Gasteiger charge is -2.35. The lowest BCUT2D eigenvalue weighted by Crippen LogP contribution is -2.35. The molecule has 1 amide bonds. The van der Waals surface area contributed by atoms with Crippen molar-refractivity contribution in [1.82, 2.24) is 20.2 Å². The van der Waals surface area contributed by atoms with Crippen molar-refractivity contribution in [2.24, 2.45) is 17.8 Å². The number of ether oxygens (including phenoxy) is 1. The number of fused-ring (bicyclic) bond motifs is 1. The quantitative estimate of drug-likeness (QED) is 0.354. The van der Waals surface area contributed by atoms with Crippen LogP contribution in [-0.4, -0.2) is 66.2 Å². The third kappa shape index (κ3) is 7.47. The summed E-state index contributed by atoms with van der Waals surface area (Å²) >= 11 is 0. The Kier molecular flexibility index (Phi) is 10.3. The summed E-state index contributed by atoms with van der Waals surface area (Å²) < 4.78 is 68.8. The molecule has 9 nitrogen and oxygen atoms in total. The predicted molar refractivity (Wildman–Crippen MR) is 149 cm³/mol. The van der Waals surface area contributed by atoms with E-state index in [1.165, 1.54) is 31.5 Å². The number of carbonyl (C=O) groups excluding carboxylic acids is 1. The second kappa shape index (κ2) is 13.4. The highest BCUT2D eigenvalue weighted by Gasteiger charge is 2.42. The van der Waals surface area contributed by atoms with Gasteiger partial charge in [0, 0.05) is 25.5 Å². The summed E-state index contributed by atoms with van der Waals surface area (Å²) in [6, 6.07) is 3.96. The highest BCUT2D eigenvalue weighted by Crippen LogP contribution is 2.43. The molecule has 0 bridgehead atoms. The Morgan fingerprint density at radius 2 is 1.88 bits per heavy atom. The van der Waals surface area contributed by atoms with E-state index in [0.29, 0.717) is 37.2 Å². The van der Waals surface area contributed by atoms with Gasteiger partial charge in [0.25, 0.3) is 5.91 Å².